The minimum atomic E-state index is -3.64. The molecule has 29 heavy (non-hydrogen) atoms. The molecule has 150 valence electrons. The summed E-state index contributed by atoms with van der Waals surface area (Å²) in [7, 11) is -2.19. The predicted octanol–water partition coefficient (Wildman–Crippen LogP) is 2.96. The number of rotatable bonds is 7. The normalized spacial score (nSPS) is 11.1. The standard InChI is InChI=1S/C21H20N2O5S/c1-23(14-19(24)22-17-8-4-2-5-9-17)21(25)20-16(12-13-28-20)15-29(26,27)18-10-6-3-7-11-18/h2-13H,14-15H2,1H3,(H,22,24). The number of likely N-dealkylation sites (N-methyl/N-ethyl adjacent to an activating group) is 1. The highest BCUT2D eigenvalue weighted by molar-refractivity contribution is 7.90. The Hall–Kier alpha value is -3.39. The zero-order chi connectivity index (χ0) is 20.9. The molecule has 0 spiro atoms. The second kappa shape index (κ2) is 8.74. The first-order valence-electron chi connectivity index (χ1n) is 8.81. The van der Waals surface area contributed by atoms with E-state index in [4.69, 9.17) is 4.42 Å². The Balaban J connectivity index is 1.69. The second-order valence-electron chi connectivity index (χ2n) is 6.42. The molecule has 2 aromatic carbocycles. The van der Waals surface area contributed by atoms with Gasteiger partial charge < -0.3 is 14.6 Å². The molecule has 1 N–H and O–H groups in total. The van der Waals surface area contributed by atoms with E-state index in [-0.39, 0.29) is 34.4 Å². The van der Waals surface area contributed by atoms with E-state index in [0.717, 1.165) is 0 Å². The summed E-state index contributed by atoms with van der Waals surface area (Å²) in [6.45, 7) is -0.209. The second-order valence-corrected chi connectivity index (χ2v) is 8.41. The summed E-state index contributed by atoms with van der Waals surface area (Å²) in [5.41, 5.74) is 0.861. The van der Waals surface area contributed by atoms with Gasteiger partial charge in [0.1, 0.15) is 0 Å². The van der Waals surface area contributed by atoms with E-state index in [1.807, 2.05) is 6.07 Å². The Labute approximate surface area is 168 Å². The molecule has 0 fully saturated rings. The molecule has 0 aliphatic carbocycles. The van der Waals surface area contributed by atoms with Crippen molar-refractivity contribution in [3.8, 4) is 0 Å². The fourth-order valence-electron chi connectivity index (χ4n) is 2.74. The summed E-state index contributed by atoms with van der Waals surface area (Å²) in [5.74, 6) is -1.42. The zero-order valence-electron chi connectivity index (χ0n) is 15.7. The number of sulfone groups is 1. The molecule has 0 aliphatic rings. The highest BCUT2D eigenvalue weighted by atomic mass is 32.2. The van der Waals surface area contributed by atoms with Crippen molar-refractivity contribution in [2.45, 2.75) is 10.6 Å². The van der Waals surface area contributed by atoms with E-state index in [1.54, 1.807) is 42.5 Å². The number of carbonyl (C=O) groups is 2. The number of amides is 2. The number of benzene rings is 2. The molecule has 3 aromatic rings. The van der Waals surface area contributed by atoms with Crippen LogP contribution in [0.25, 0.3) is 0 Å². The van der Waals surface area contributed by atoms with Crippen molar-refractivity contribution in [2.24, 2.45) is 0 Å². The Morgan fingerprint density at radius 2 is 1.59 bits per heavy atom. The van der Waals surface area contributed by atoms with Gasteiger partial charge in [0, 0.05) is 18.3 Å². The Kier molecular flexibility index (Phi) is 6.13. The zero-order valence-corrected chi connectivity index (χ0v) is 16.6. The van der Waals surface area contributed by atoms with Crippen LogP contribution in [0.2, 0.25) is 0 Å². The van der Waals surface area contributed by atoms with Crippen LogP contribution in [0.4, 0.5) is 5.69 Å². The monoisotopic (exact) mass is 412 g/mol. The third kappa shape index (κ3) is 5.11. The summed E-state index contributed by atoms with van der Waals surface area (Å²) >= 11 is 0. The van der Waals surface area contributed by atoms with E-state index < -0.39 is 15.7 Å². The van der Waals surface area contributed by atoms with Gasteiger partial charge in [-0.05, 0) is 30.3 Å². The molecule has 1 heterocycles. The molecule has 0 radical (unpaired) electrons. The molecular weight excluding hydrogens is 392 g/mol. The first-order valence-corrected chi connectivity index (χ1v) is 10.5. The maximum Gasteiger partial charge on any atom is 0.290 e. The summed E-state index contributed by atoms with van der Waals surface area (Å²) < 4.78 is 30.4. The molecule has 0 unspecified atom stereocenters. The lowest BCUT2D eigenvalue weighted by molar-refractivity contribution is -0.116. The van der Waals surface area contributed by atoms with Crippen molar-refractivity contribution >= 4 is 27.3 Å². The van der Waals surface area contributed by atoms with E-state index in [2.05, 4.69) is 5.32 Å². The van der Waals surface area contributed by atoms with Gasteiger partial charge in [-0.3, -0.25) is 9.59 Å². The molecule has 3 rings (SSSR count). The van der Waals surface area contributed by atoms with Crippen LogP contribution in [0.15, 0.2) is 82.3 Å². The quantitative estimate of drug-likeness (QED) is 0.644. The Morgan fingerprint density at radius 3 is 2.24 bits per heavy atom. The van der Waals surface area contributed by atoms with E-state index in [1.165, 1.54) is 36.4 Å². The van der Waals surface area contributed by atoms with Crippen LogP contribution in [-0.4, -0.2) is 38.7 Å². The first kappa shape index (κ1) is 20.3. The number of anilines is 1. The van der Waals surface area contributed by atoms with Gasteiger partial charge >= 0.3 is 0 Å². The highest BCUT2D eigenvalue weighted by Gasteiger charge is 2.25. The van der Waals surface area contributed by atoms with Crippen molar-refractivity contribution in [1.82, 2.24) is 4.90 Å². The summed E-state index contributed by atoms with van der Waals surface area (Å²) in [6, 6.07) is 18.3. The number of nitrogens with zero attached hydrogens (tertiary/aromatic N) is 1. The first-order chi connectivity index (χ1) is 13.9. The van der Waals surface area contributed by atoms with Gasteiger partial charge in [-0.15, -0.1) is 0 Å². The lowest BCUT2D eigenvalue weighted by atomic mass is 10.2. The molecule has 0 saturated heterocycles. The third-order valence-electron chi connectivity index (χ3n) is 4.17. The van der Waals surface area contributed by atoms with E-state index >= 15 is 0 Å². The van der Waals surface area contributed by atoms with E-state index in [9.17, 15) is 18.0 Å². The lowest BCUT2D eigenvalue weighted by Gasteiger charge is -2.16. The lowest BCUT2D eigenvalue weighted by Crippen LogP contribution is -2.35. The number of para-hydroxylation sites is 1. The van der Waals surface area contributed by atoms with Crippen LogP contribution in [0.5, 0.6) is 0 Å². The van der Waals surface area contributed by atoms with Crippen molar-refractivity contribution in [1.29, 1.82) is 0 Å². The highest BCUT2D eigenvalue weighted by Crippen LogP contribution is 2.21. The van der Waals surface area contributed by atoms with Gasteiger partial charge in [0.2, 0.25) is 5.91 Å². The smallest absolute Gasteiger partial charge is 0.290 e. The maximum atomic E-state index is 12.7. The van der Waals surface area contributed by atoms with Crippen LogP contribution in [-0.2, 0) is 20.4 Å². The van der Waals surface area contributed by atoms with Crippen molar-refractivity contribution in [3.63, 3.8) is 0 Å². The molecule has 0 aliphatic heterocycles. The largest absolute Gasteiger partial charge is 0.459 e. The summed E-state index contributed by atoms with van der Waals surface area (Å²) in [5, 5.41) is 2.69. The van der Waals surface area contributed by atoms with Crippen molar-refractivity contribution < 1.29 is 22.4 Å². The van der Waals surface area contributed by atoms with E-state index in [0.29, 0.717) is 5.69 Å². The topological polar surface area (TPSA) is 96.7 Å². The van der Waals surface area contributed by atoms with Crippen LogP contribution >= 0.6 is 0 Å². The molecule has 0 atom stereocenters. The summed E-state index contributed by atoms with van der Waals surface area (Å²) in [4.78, 5) is 26.2. The minimum Gasteiger partial charge on any atom is -0.459 e. The van der Waals surface area contributed by atoms with Crippen molar-refractivity contribution in [3.05, 3.63) is 84.3 Å². The van der Waals surface area contributed by atoms with Gasteiger partial charge in [0.25, 0.3) is 5.91 Å². The molecule has 1 aromatic heterocycles. The van der Waals surface area contributed by atoms with Gasteiger partial charge in [-0.25, -0.2) is 8.42 Å². The third-order valence-corrected chi connectivity index (χ3v) is 5.86. The SMILES string of the molecule is CN(CC(=O)Nc1ccccc1)C(=O)c1occc1CS(=O)(=O)c1ccccc1. The van der Waals surface area contributed by atoms with Crippen LogP contribution < -0.4 is 5.32 Å². The molecule has 0 saturated carbocycles. The van der Waals surface area contributed by atoms with Crippen molar-refractivity contribution in [2.75, 3.05) is 18.9 Å². The molecule has 7 nitrogen and oxygen atoms in total. The van der Waals surface area contributed by atoms with Gasteiger partial charge in [-0.1, -0.05) is 36.4 Å². The average Bonchev–Trinajstić information content (AvgIpc) is 3.16. The van der Waals surface area contributed by atoms with Crippen LogP contribution in [0.3, 0.4) is 0 Å². The number of nitrogens with one attached hydrogen (secondary N) is 1. The molecule has 2 amide bonds. The fourth-order valence-corrected chi connectivity index (χ4v) is 4.11. The molecule has 0 bridgehead atoms. The van der Waals surface area contributed by atoms with Crippen LogP contribution in [0, 0.1) is 0 Å². The summed E-state index contributed by atoms with van der Waals surface area (Å²) in [6.07, 6.45) is 1.26. The van der Waals surface area contributed by atoms with Gasteiger partial charge in [0.15, 0.2) is 15.6 Å². The number of carbonyl (C=O) groups excluding carboxylic acids is 2. The minimum absolute atomic E-state index is 0.0977. The Morgan fingerprint density at radius 1 is 0.966 bits per heavy atom. The molecule has 8 heteroatoms. The predicted molar refractivity (Wildman–Crippen MR) is 108 cm³/mol. The Bertz CT molecular complexity index is 1090. The number of furan rings is 1. The number of hydrogen-bond acceptors (Lipinski definition) is 5. The number of hydrogen-bond donors (Lipinski definition) is 1. The molecular formula is C21H20N2O5S. The average molecular weight is 412 g/mol. The fraction of sp³-hybridized carbons (Fsp3) is 0.143. The van der Waals surface area contributed by atoms with Crippen LogP contribution in [0.1, 0.15) is 16.1 Å². The maximum absolute atomic E-state index is 12.7. The van der Waals surface area contributed by atoms with Gasteiger partial charge in [-0.2, -0.15) is 0 Å². The van der Waals surface area contributed by atoms with Gasteiger partial charge in [0.05, 0.1) is 23.5 Å².